The summed E-state index contributed by atoms with van der Waals surface area (Å²) < 4.78 is 31.1. The summed E-state index contributed by atoms with van der Waals surface area (Å²) in [5.41, 5.74) is 0.0466. The highest BCUT2D eigenvalue weighted by Gasteiger charge is 2.19. The fourth-order valence-corrected chi connectivity index (χ4v) is 1.04. The standard InChI is InChI=1S/C10H10F2O4/c1-5(10(14)15)16-9-7(11)2-6(4-13)3-8(9)12/h2-3,5,13H,4H2,1H3,(H,14,15). The molecule has 1 aromatic carbocycles. The van der Waals surface area contributed by atoms with E-state index in [-0.39, 0.29) is 5.56 Å². The Bertz CT molecular complexity index is 383. The molecule has 0 aliphatic rings. The summed E-state index contributed by atoms with van der Waals surface area (Å²) in [6.07, 6.45) is -1.36. The van der Waals surface area contributed by atoms with Crippen molar-refractivity contribution in [3.8, 4) is 5.75 Å². The SMILES string of the molecule is CC(Oc1c(F)cc(CO)cc1F)C(=O)O. The van der Waals surface area contributed by atoms with Gasteiger partial charge in [0.05, 0.1) is 6.61 Å². The summed E-state index contributed by atoms with van der Waals surface area (Å²) in [5, 5.41) is 17.2. The number of hydrogen-bond donors (Lipinski definition) is 2. The highest BCUT2D eigenvalue weighted by atomic mass is 19.1. The molecule has 0 saturated heterocycles. The Labute approximate surface area is 90.1 Å². The van der Waals surface area contributed by atoms with Crippen LogP contribution < -0.4 is 4.74 Å². The molecule has 16 heavy (non-hydrogen) atoms. The van der Waals surface area contributed by atoms with Crippen LogP contribution in [0.2, 0.25) is 0 Å². The topological polar surface area (TPSA) is 66.8 Å². The summed E-state index contributed by atoms with van der Waals surface area (Å²) in [5.74, 6) is -4.17. The molecule has 0 fully saturated rings. The van der Waals surface area contributed by atoms with E-state index < -0.39 is 36.1 Å². The molecule has 0 aliphatic heterocycles. The quantitative estimate of drug-likeness (QED) is 0.821. The van der Waals surface area contributed by atoms with E-state index in [0.717, 1.165) is 19.1 Å². The molecular weight excluding hydrogens is 222 g/mol. The van der Waals surface area contributed by atoms with Crippen LogP contribution in [-0.2, 0) is 11.4 Å². The average Bonchev–Trinajstić information content (AvgIpc) is 2.22. The van der Waals surface area contributed by atoms with Gasteiger partial charge in [-0.25, -0.2) is 13.6 Å². The first-order valence-electron chi connectivity index (χ1n) is 4.44. The van der Waals surface area contributed by atoms with Crippen molar-refractivity contribution in [3.63, 3.8) is 0 Å². The first-order valence-corrected chi connectivity index (χ1v) is 4.44. The van der Waals surface area contributed by atoms with E-state index in [1.54, 1.807) is 0 Å². The lowest BCUT2D eigenvalue weighted by Gasteiger charge is -2.12. The van der Waals surface area contributed by atoms with Crippen molar-refractivity contribution in [2.75, 3.05) is 0 Å². The van der Waals surface area contributed by atoms with Crippen molar-refractivity contribution in [2.45, 2.75) is 19.6 Å². The molecule has 0 amide bonds. The van der Waals surface area contributed by atoms with E-state index in [4.69, 9.17) is 10.2 Å². The molecular formula is C10H10F2O4. The number of carbonyl (C=O) groups is 1. The summed E-state index contributed by atoms with van der Waals surface area (Å²) in [7, 11) is 0. The number of aliphatic hydroxyl groups excluding tert-OH is 1. The zero-order valence-electron chi connectivity index (χ0n) is 8.41. The van der Waals surface area contributed by atoms with Crippen LogP contribution in [0.3, 0.4) is 0 Å². The van der Waals surface area contributed by atoms with Gasteiger partial charge in [0, 0.05) is 0 Å². The van der Waals surface area contributed by atoms with Gasteiger partial charge in [0.15, 0.2) is 23.5 Å². The zero-order chi connectivity index (χ0) is 12.3. The number of aliphatic carboxylic acids is 1. The number of aliphatic hydroxyl groups is 1. The third-order valence-corrected chi connectivity index (χ3v) is 1.88. The molecule has 1 unspecified atom stereocenters. The van der Waals surface area contributed by atoms with Crippen LogP contribution in [0.4, 0.5) is 8.78 Å². The second-order valence-electron chi connectivity index (χ2n) is 3.15. The molecule has 4 nitrogen and oxygen atoms in total. The van der Waals surface area contributed by atoms with Crippen molar-refractivity contribution in [1.82, 2.24) is 0 Å². The Morgan fingerprint density at radius 2 is 1.94 bits per heavy atom. The van der Waals surface area contributed by atoms with Gasteiger partial charge < -0.3 is 14.9 Å². The van der Waals surface area contributed by atoms with Crippen molar-refractivity contribution in [3.05, 3.63) is 29.3 Å². The van der Waals surface area contributed by atoms with Gasteiger partial charge >= 0.3 is 5.97 Å². The van der Waals surface area contributed by atoms with E-state index in [1.807, 2.05) is 0 Å². The monoisotopic (exact) mass is 232 g/mol. The first-order chi connectivity index (χ1) is 7.45. The number of benzene rings is 1. The maximum absolute atomic E-state index is 13.3. The molecule has 1 aromatic rings. The molecule has 2 N–H and O–H groups in total. The highest BCUT2D eigenvalue weighted by molar-refractivity contribution is 5.72. The van der Waals surface area contributed by atoms with E-state index >= 15 is 0 Å². The van der Waals surface area contributed by atoms with E-state index in [1.165, 1.54) is 0 Å². The predicted molar refractivity (Wildman–Crippen MR) is 50.0 cm³/mol. The summed E-state index contributed by atoms with van der Waals surface area (Å²) in [6.45, 7) is 0.643. The maximum Gasteiger partial charge on any atom is 0.344 e. The van der Waals surface area contributed by atoms with Gasteiger partial charge in [-0.1, -0.05) is 0 Å². The highest BCUT2D eigenvalue weighted by Crippen LogP contribution is 2.24. The summed E-state index contributed by atoms with van der Waals surface area (Å²) in [4.78, 5) is 10.4. The number of carboxylic acids is 1. The molecule has 0 radical (unpaired) electrons. The van der Waals surface area contributed by atoms with Crippen molar-refractivity contribution < 1.29 is 28.5 Å². The van der Waals surface area contributed by atoms with Gasteiger partial charge in [0.2, 0.25) is 0 Å². The van der Waals surface area contributed by atoms with Crippen LogP contribution in [-0.4, -0.2) is 22.3 Å². The molecule has 6 heteroatoms. The van der Waals surface area contributed by atoms with Crippen LogP contribution in [0, 0.1) is 11.6 Å². The first kappa shape index (κ1) is 12.4. The molecule has 0 spiro atoms. The van der Waals surface area contributed by atoms with Gasteiger partial charge in [-0.2, -0.15) is 0 Å². The smallest absolute Gasteiger partial charge is 0.344 e. The average molecular weight is 232 g/mol. The van der Waals surface area contributed by atoms with E-state index in [9.17, 15) is 13.6 Å². The van der Waals surface area contributed by atoms with Gasteiger partial charge in [-0.15, -0.1) is 0 Å². The van der Waals surface area contributed by atoms with Crippen molar-refractivity contribution in [1.29, 1.82) is 0 Å². The fraction of sp³-hybridized carbons (Fsp3) is 0.300. The largest absolute Gasteiger partial charge is 0.479 e. The van der Waals surface area contributed by atoms with Gasteiger partial charge in [0.1, 0.15) is 0 Å². The Hall–Kier alpha value is -1.69. The molecule has 1 atom stereocenters. The minimum Gasteiger partial charge on any atom is -0.479 e. The fourth-order valence-electron chi connectivity index (χ4n) is 1.04. The minimum atomic E-state index is -1.36. The minimum absolute atomic E-state index is 0.0466. The molecule has 0 bridgehead atoms. The maximum atomic E-state index is 13.3. The van der Waals surface area contributed by atoms with Crippen LogP contribution in [0.15, 0.2) is 12.1 Å². The van der Waals surface area contributed by atoms with Crippen LogP contribution in [0.25, 0.3) is 0 Å². The van der Waals surface area contributed by atoms with Crippen molar-refractivity contribution >= 4 is 5.97 Å². The summed E-state index contributed by atoms with van der Waals surface area (Å²) in [6, 6.07) is 1.76. The molecule has 0 saturated carbocycles. The Balaban J connectivity index is 3.01. The molecule has 88 valence electrons. The second kappa shape index (κ2) is 4.89. The molecule has 0 heterocycles. The lowest BCUT2D eigenvalue weighted by atomic mass is 10.2. The predicted octanol–water partition coefficient (Wildman–Crippen LogP) is 1.31. The van der Waals surface area contributed by atoms with E-state index in [0.29, 0.717) is 0 Å². The number of carboxylic acid groups (broad SMARTS) is 1. The third-order valence-electron chi connectivity index (χ3n) is 1.88. The van der Waals surface area contributed by atoms with Gasteiger partial charge in [0.25, 0.3) is 0 Å². The van der Waals surface area contributed by atoms with Crippen LogP contribution >= 0.6 is 0 Å². The second-order valence-corrected chi connectivity index (χ2v) is 3.15. The van der Waals surface area contributed by atoms with Gasteiger partial charge in [-0.05, 0) is 24.6 Å². The number of halogens is 2. The van der Waals surface area contributed by atoms with Gasteiger partial charge in [-0.3, -0.25) is 0 Å². The number of ether oxygens (including phenoxy) is 1. The third kappa shape index (κ3) is 2.66. The number of rotatable bonds is 4. The Kier molecular flexibility index (Phi) is 3.78. The Morgan fingerprint density at radius 3 is 2.31 bits per heavy atom. The van der Waals surface area contributed by atoms with Crippen LogP contribution in [0.5, 0.6) is 5.75 Å². The molecule has 0 aliphatic carbocycles. The Morgan fingerprint density at radius 1 is 1.44 bits per heavy atom. The van der Waals surface area contributed by atoms with Crippen molar-refractivity contribution in [2.24, 2.45) is 0 Å². The van der Waals surface area contributed by atoms with E-state index in [2.05, 4.69) is 4.74 Å². The van der Waals surface area contributed by atoms with Crippen LogP contribution in [0.1, 0.15) is 12.5 Å². The lowest BCUT2D eigenvalue weighted by molar-refractivity contribution is -0.144. The lowest BCUT2D eigenvalue weighted by Crippen LogP contribution is -2.24. The molecule has 1 rings (SSSR count). The normalized spacial score (nSPS) is 12.2. The summed E-state index contributed by atoms with van der Waals surface area (Å²) >= 11 is 0. The zero-order valence-corrected chi connectivity index (χ0v) is 8.41. The number of hydrogen-bond acceptors (Lipinski definition) is 3. The molecule has 0 aromatic heterocycles.